The Hall–Kier alpha value is -2.31. The minimum absolute atomic E-state index is 0.136. The third-order valence-corrected chi connectivity index (χ3v) is 4.80. The number of halogens is 1. The predicted molar refractivity (Wildman–Crippen MR) is 107 cm³/mol. The van der Waals surface area contributed by atoms with Crippen molar-refractivity contribution in [3.05, 3.63) is 30.1 Å². The molecule has 0 amide bonds. The van der Waals surface area contributed by atoms with Crippen molar-refractivity contribution in [3.63, 3.8) is 0 Å². The maximum absolute atomic E-state index is 13.9. The normalized spacial score (nSPS) is 15.0. The minimum Gasteiger partial charge on any atom is -0.469 e. The number of ether oxygens (including phenoxy) is 1. The van der Waals surface area contributed by atoms with Crippen LogP contribution < -0.4 is 10.2 Å². The van der Waals surface area contributed by atoms with Crippen LogP contribution in [0.2, 0.25) is 0 Å². The van der Waals surface area contributed by atoms with Gasteiger partial charge in [-0.2, -0.15) is 0 Å². The molecule has 0 spiro atoms. The molecule has 0 radical (unpaired) electrons. The van der Waals surface area contributed by atoms with E-state index in [2.05, 4.69) is 24.8 Å². The number of hydrogen-bond donors (Lipinski definition) is 1. The van der Waals surface area contributed by atoms with Crippen LogP contribution in [0.4, 0.5) is 10.1 Å². The summed E-state index contributed by atoms with van der Waals surface area (Å²) in [5.74, 6) is 0.599. The zero-order chi connectivity index (χ0) is 19.5. The summed E-state index contributed by atoms with van der Waals surface area (Å²) in [6.07, 6.45) is 4.51. The Morgan fingerprint density at radius 3 is 2.52 bits per heavy atom. The lowest BCUT2D eigenvalue weighted by molar-refractivity contribution is -0.140. The number of nitrogens with one attached hydrogen (secondary N) is 1. The number of hydrogen-bond acceptors (Lipinski definition) is 4. The van der Waals surface area contributed by atoms with E-state index in [1.54, 1.807) is 13.1 Å². The molecular weight excluding hydrogens is 347 g/mol. The highest BCUT2D eigenvalue weighted by Gasteiger charge is 2.21. The van der Waals surface area contributed by atoms with Crippen molar-refractivity contribution in [1.82, 2.24) is 10.2 Å². The fourth-order valence-corrected chi connectivity index (χ4v) is 3.25. The van der Waals surface area contributed by atoms with Crippen LogP contribution in [0.1, 0.15) is 32.1 Å². The first kappa shape index (κ1) is 21.0. The van der Waals surface area contributed by atoms with E-state index in [0.717, 1.165) is 64.4 Å². The number of anilines is 1. The molecule has 1 heterocycles. The average Bonchev–Trinajstić information content (AvgIpc) is 2.70. The number of benzene rings is 1. The van der Waals surface area contributed by atoms with Gasteiger partial charge < -0.3 is 19.9 Å². The predicted octanol–water partition coefficient (Wildman–Crippen LogP) is 2.65. The van der Waals surface area contributed by atoms with Gasteiger partial charge in [0.15, 0.2) is 5.96 Å². The maximum atomic E-state index is 13.9. The van der Waals surface area contributed by atoms with Gasteiger partial charge in [-0.15, -0.1) is 0 Å². The summed E-state index contributed by atoms with van der Waals surface area (Å²) in [4.78, 5) is 19.7. The summed E-state index contributed by atoms with van der Waals surface area (Å²) in [5, 5.41) is 3.41. The zero-order valence-corrected chi connectivity index (χ0v) is 16.4. The van der Waals surface area contributed by atoms with Gasteiger partial charge >= 0.3 is 5.97 Å². The van der Waals surface area contributed by atoms with Crippen molar-refractivity contribution < 1.29 is 13.9 Å². The van der Waals surface area contributed by atoms with Gasteiger partial charge in [-0.1, -0.05) is 25.0 Å². The molecule has 0 unspecified atom stereocenters. The lowest BCUT2D eigenvalue weighted by Crippen LogP contribution is -2.52. The average molecular weight is 378 g/mol. The lowest BCUT2D eigenvalue weighted by atomic mass is 10.1. The second-order valence-electron chi connectivity index (χ2n) is 6.64. The number of piperazine rings is 1. The maximum Gasteiger partial charge on any atom is 0.305 e. The molecule has 150 valence electrons. The number of esters is 1. The summed E-state index contributed by atoms with van der Waals surface area (Å²) in [7, 11) is 3.22. The van der Waals surface area contributed by atoms with Gasteiger partial charge in [0.25, 0.3) is 0 Å². The highest BCUT2D eigenvalue weighted by Crippen LogP contribution is 2.20. The molecule has 0 atom stereocenters. The summed E-state index contributed by atoms with van der Waals surface area (Å²) in [6, 6.07) is 6.93. The van der Waals surface area contributed by atoms with Crippen LogP contribution in [-0.2, 0) is 9.53 Å². The van der Waals surface area contributed by atoms with Crippen LogP contribution >= 0.6 is 0 Å². The third kappa shape index (κ3) is 6.73. The van der Waals surface area contributed by atoms with Gasteiger partial charge in [-0.05, 0) is 25.0 Å². The van der Waals surface area contributed by atoms with E-state index in [0.29, 0.717) is 12.1 Å². The van der Waals surface area contributed by atoms with Crippen molar-refractivity contribution in [3.8, 4) is 0 Å². The highest BCUT2D eigenvalue weighted by molar-refractivity contribution is 5.80. The van der Waals surface area contributed by atoms with E-state index < -0.39 is 0 Å². The van der Waals surface area contributed by atoms with Crippen LogP contribution in [0.3, 0.4) is 0 Å². The van der Waals surface area contributed by atoms with Crippen molar-refractivity contribution in [1.29, 1.82) is 0 Å². The van der Waals surface area contributed by atoms with Gasteiger partial charge in [0.2, 0.25) is 0 Å². The zero-order valence-electron chi connectivity index (χ0n) is 16.4. The number of carbonyl (C=O) groups excluding carboxylic acids is 1. The Kier molecular flexibility index (Phi) is 8.87. The van der Waals surface area contributed by atoms with Gasteiger partial charge in [0.05, 0.1) is 12.8 Å². The summed E-state index contributed by atoms with van der Waals surface area (Å²) < 4.78 is 18.6. The first-order valence-corrected chi connectivity index (χ1v) is 9.67. The number of methoxy groups -OCH3 is 1. The third-order valence-electron chi connectivity index (χ3n) is 4.80. The van der Waals surface area contributed by atoms with Crippen molar-refractivity contribution in [2.75, 3.05) is 51.8 Å². The number of rotatable bonds is 8. The van der Waals surface area contributed by atoms with E-state index >= 15 is 0 Å². The molecular formula is C20H31FN4O2. The van der Waals surface area contributed by atoms with E-state index in [4.69, 9.17) is 0 Å². The summed E-state index contributed by atoms with van der Waals surface area (Å²) in [6.45, 7) is 4.03. The number of aliphatic imine (C=N–C) groups is 1. The van der Waals surface area contributed by atoms with Gasteiger partial charge in [-0.3, -0.25) is 9.79 Å². The van der Waals surface area contributed by atoms with Gasteiger partial charge in [0, 0.05) is 46.2 Å². The Morgan fingerprint density at radius 1 is 1.15 bits per heavy atom. The quantitative estimate of drug-likeness (QED) is 0.326. The summed E-state index contributed by atoms with van der Waals surface area (Å²) in [5.41, 5.74) is 0.673. The second-order valence-corrected chi connectivity index (χ2v) is 6.64. The molecule has 0 bridgehead atoms. The van der Waals surface area contributed by atoms with Crippen LogP contribution in [-0.4, -0.2) is 63.7 Å². The van der Waals surface area contributed by atoms with E-state index in [1.807, 2.05) is 12.1 Å². The Bertz CT molecular complexity index is 616. The summed E-state index contributed by atoms with van der Waals surface area (Å²) >= 11 is 0. The SMILES string of the molecule is CN=C(NCCCCCCC(=O)OC)N1CCN(c2ccccc2F)CC1. The van der Waals surface area contributed by atoms with Crippen molar-refractivity contribution in [2.45, 2.75) is 32.1 Å². The molecule has 1 aromatic rings. The first-order chi connectivity index (χ1) is 13.2. The molecule has 1 aromatic carbocycles. The van der Waals surface area contributed by atoms with Crippen molar-refractivity contribution in [2.24, 2.45) is 4.99 Å². The number of nitrogens with zero attached hydrogens (tertiary/aromatic N) is 3. The minimum atomic E-state index is -0.166. The molecule has 1 fully saturated rings. The molecule has 0 aromatic heterocycles. The number of guanidine groups is 1. The molecule has 2 rings (SSSR count). The highest BCUT2D eigenvalue weighted by atomic mass is 19.1. The van der Waals surface area contributed by atoms with Crippen LogP contribution in [0, 0.1) is 5.82 Å². The topological polar surface area (TPSA) is 57.2 Å². The molecule has 0 saturated carbocycles. The number of para-hydroxylation sites is 1. The Morgan fingerprint density at radius 2 is 1.85 bits per heavy atom. The molecule has 27 heavy (non-hydrogen) atoms. The van der Waals surface area contributed by atoms with E-state index in [1.165, 1.54) is 13.2 Å². The fourth-order valence-electron chi connectivity index (χ4n) is 3.25. The van der Waals surface area contributed by atoms with Crippen LogP contribution in [0.15, 0.2) is 29.3 Å². The molecule has 7 heteroatoms. The fraction of sp³-hybridized carbons (Fsp3) is 0.600. The molecule has 1 N–H and O–H groups in total. The first-order valence-electron chi connectivity index (χ1n) is 9.67. The van der Waals surface area contributed by atoms with Gasteiger partial charge in [-0.25, -0.2) is 4.39 Å². The van der Waals surface area contributed by atoms with Crippen LogP contribution in [0.5, 0.6) is 0 Å². The smallest absolute Gasteiger partial charge is 0.305 e. The number of unbranched alkanes of at least 4 members (excludes halogenated alkanes) is 3. The number of carbonyl (C=O) groups is 1. The van der Waals surface area contributed by atoms with E-state index in [9.17, 15) is 9.18 Å². The molecule has 6 nitrogen and oxygen atoms in total. The monoisotopic (exact) mass is 378 g/mol. The molecule has 1 aliphatic heterocycles. The lowest BCUT2D eigenvalue weighted by Gasteiger charge is -2.37. The van der Waals surface area contributed by atoms with Gasteiger partial charge in [0.1, 0.15) is 5.82 Å². The standard InChI is InChI=1S/C20H31FN4O2/c1-22-20(23-12-8-4-3-5-11-19(26)27-2)25-15-13-24(14-16-25)18-10-7-6-9-17(18)21/h6-7,9-10H,3-5,8,11-16H2,1-2H3,(H,22,23). The molecule has 1 saturated heterocycles. The second kappa shape index (κ2) is 11.4. The molecule has 1 aliphatic rings. The van der Waals surface area contributed by atoms with E-state index in [-0.39, 0.29) is 11.8 Å². The molecule has 0 aliphatic carbocycles. The van der Waals surface area contributed by atoms with Crippen molar-refractivity contribution >= 4 is 17.6 Å². The Balaban J connectivity index is 1.65. The Labute approximate surface area is 161 Å². The van der Waals surface area contributed by atoms with Crippen LogP contribution in [0.25, 0.3) is 0 Å². The largest absolute Gasteiger partial charge is 0.469 e.